The van der Waals surface area contributed by atoms with E-state index in [1.54, 1.807) is 0 Å². The van der Waals surface area contributed by atoms with Gasteiger partial charge in [-0.05, 0) is 75.2 Å². The average molecular weight is 314 g/mol. The summed E-state index contributed by atoms with van der Waals surface area (Å²) in [4.78, 5) is 0. The van der Waals surface area contributed by atoms with Crippen LogP contribution in [-0.2, 0) is 9.84 Å². The number of hydrogen-bond donors (Lipinski definition) is 1. The molecule has 0 aromatic rings. The maximum atomic E-state index is 12.4. The Labute approximate surface area is 130 Å². The van der Waals surface area contributed by atoms with Gasteiger partial charge in [0.15, 0.2) is 9.84 Å². The van der Waals surface area contributed by atoms with Crippen LogP contribution in [0.3, 0.4) is 0 Å². The number of sulfone groups is 1. The lowest BCUT2D eigenvalue weighted by atomic mass is 9.48. The molecule has 4 rings (SSSR count). The highest BCUT2D eigenvalue weighted by Crippen LogP contribution is 2.61. The van der Waals surface area contributed by atoms with E-state index in [9.17, 15) is 8.42 Å². The smallest absolute Gasteiger partial charge is 0.151 e. The van der Waals surface area contributed by atoms with Crippen molar-refractivity contribution in [3.05, 3.63) is 0 Å². The molecular formula is C17H31NO2S. The van der Waals surface area contributed by atoms with Crippen LogP contribution in [0, 0.1) is 23.2 Å². The molecule has 3 nitrogen and oxygen atoms in total. The maximum Gasteiger partial charge on any atom is 0.151 e. The average Bonchev–Trinajstić information content (AvgIpc) is 2.41. The molecule has 4 fully saturated rings. The summed E-state index contributed by atoms with van der Waals surface area (Å²) < 4.78 is 24.8. The van der Waals surface area contributed by atoms with E-state index in [1.807, 2.05) is 7.05 Å². The van der Waals surface area contributed by atoms with Crippen LogP contribution in [0.4, 0.5) is 0 Å². The van der Waals surface area contributed by atoms with Crippen molar-refractivity contribution in [2.45, 2.75) is 64.3 Å². The minimum atomic E-state index is -2.91. The molecule has 4 heteroatoms. The van der Waals surface area contributed by atoms with Crippen LogP contribution < -0.4 is 5.32 Å². The molecule has 122 valence electrons. The molecule has 4 bridgehead atoms. The third-order valence-corrected chi connectivity index (χ3v) is 8.15. The summed E-state index contributed by atoms with van der Waals surface area (Å²) in [6.07, 6.45) is 9.82. The summed E-state index contributed by atoms with van der Waals surface area (Å²) in [6, 6.07) is 0.174. The molecule has 4 aliphatic carbocycles. The Balaban J connectivity index is 1.74. The summed E-state index contributed by atoms with van der Waals surface area (Å²) in [5.74, 6) is 3.37. The number of nitrogens with one attached hydrogen (secondary N) is 1. The minimum Gasteiger partial charge on any atom is -0.315 e. The molecule has 1 atom stereocenters. The zero-order valence-electron chi connectivity index (χ0n) is 13.6. The van der Waals surface area contributed by atoms with Gasteiger partial charge < -0.3 is 5.32 Å². The van der Waals surface area contributed by atoms with E-state index < -0.39 is 9.84 Å². The summed E-state index contributed by atoms with van der Waals surface area (Å²) >= 11 is 0. The Hall–Kier alpha value is -0.0900. The van der Waals surface area contributed by atoms with Crippen LogP contribution >= 0.6 is 0 Å². The van der Waals surface area contributed by atoms with Gasteiger partial charge in [-0.25, -0.2) is 8.42 Å². The van der Waals surface area contributed by atoms with Gasteiger partial charge in [0.1, 0.15) is 0 Å². The van der Waals surface area contributed by atoms with Gasteiger partial charge in [0, 0.05) is 6.04 Å². The van der Waals surface area contributed by atoms with Crippen molar-refractivity contribution < 1.29 is 8.42 Å². The van der Waals surface area contributed by atoms with Crippen molar-refractivity contribution in [1.82, 2.24) is 5.32 Å². The predicted molar refractivity (Wildman–Crippen MR) is 87.0 cm³/mol. The van der Waals surface area contributed by atoms with Crippen molar-refractivity contribution in [3.63, 3.8) is 0 Å². The van der Waals surface area contributed by atoms with Crippen molar-refractivity contribution in [2.75, 3.05) is 18.6 Å². The third kappa shape index (κ3) is 3.17. The van der Waals surface area contributed by atoms with Gasteiger partial charge >= 0.3 is 0 Å². The molecule has 21 heavy (non-hydrogen) atoms. The van der Waals surface area contributed by atoms with Gasteiger partial charge in [-0.15, -0.1) is 0 Å². The van der Waals surface area contributed by atoms with E-state index in [0.717, 1.165) is 30.6 Å². The van der Waals surface area contributed by atoms with Gasteiger partial charge in [0.2, 0.25) is 0 Å². The highest BCUT2D eigenvalue weighted by molar-refractivity contribution is 7.91. The van der Waals surface area contributed by atoms with Crippen molar-refractivity contribution >= 4 is 9.84 Å². The fraction of sp³-hybridized carbons (Fsp3) is 1.00. The number of hydrogen-bond acceptors (Lipinski definition) is 3. The molecule has 0 saturated heterocycles. The molecule has 0 aliphatic heterocycles. The lowest BCUT2D eigenvalue weighted by Crippen LogP contribution is -2.57. The van der Waals surface area contributed by atoms with Gasteiger partial charge in [0.25, 0.3) is 0 Å². The lowest BCUT2D eigenvalue weighted by molar-refractivity contribution is -0.0685. The van der Waals surface area contributed by atoms with Crippen LogP contribution in [0.2, 0.25) is 0 Å². The fourth-order valence-corrected chi connectivity index (χ4v) is 7.80. The summed E-state index contributed by atoms with van der Waals surface area (Å²) in [7, 11) is -0.940. The first-order valence-corrected chi connectivity index (χ1v) is 10.7. The van der Waals surface area contributed by atoms with Crippen LogP contribution in [0.15, 0.2) is 0 Å². The highest BCUT2D eigenvalue weighted by atomic mass is 32.2. The largest absolute Gasteiger partial charge is 0.315 e. The Bertz CT molecular complexity index is 436. The third-order valence-electron chi connectivity index (χ3n) is 6.40. The van der Waals surface area contributed by atoms with Crippen molar-refractivity contribution in [3.8, 4) is 0 Å². The highest BCUT2D eigenvalue weighted by Gasteiger charge is 2.54. The number of unbranched alkanes of at least 4 members (excludes halogenated alkanes) is 1. The van der Waals surface area contributed by atoms with E-state index in [0.29, 0.717) is 11.5 Å². The molecule has 1 N–H and O–H groups in total. The Morgan fingerprint density at radius 2 is 1.62 bits per heavy atom. The Morgan fingerprint density at radius 1 is 1.10 bits per heavy atom. The lowest BCUT2D eigenvalue weighted by Gasteiger charge is -2.59. The van der Waals surface area contributed by atoms with E-state index in [-0.39, 0.29) is 11.5 Å². The van der Waals surface area contributed by atoms with Crippen LogP contribution in [-0.4, -0.2) is 33.0 Å². The molecule has 4 saturated carbocycles. The van der Waals surface area contributed by atoms with Gasteiger partial charge in [-0.3, -0.25) is 0 Å². The minimum absolute atomic E-state index is 0.174. The molecule has 0 radical (unpaired) electrons. The molecule has 0 aromatic carbocycles. The first-order valence-electron chi connectivity index (χ1n) is 8.84. The molecule has 0 amide bonds. The fourth-order valence-electron chi connectivity index (χ4n) is 5.87. The SMILES string of the molecule is CCCCS(=O)(=O)CC(NC)C12CC3CC(CC(C3)C1)C2. The topological polar surface area (TPSA) is 46.2 Å². The van der Waals surface area contributed by atoms with Crippen molar-refractivity contribution in [1.29, 1.82) is 0 Å². The standard InChI is InChI=1S/C17H31NO2S/c1-3-4-5-21(19,20)12-16(18-2)17-9-13-6-14(10-17)8-15(7-13)11-17/h13-16,18H,3-12H2,1-2H3. The first-order chi connectivity index (χ1) is 9.96. The molecule has 4 aliphatic rings. The zero-order chi connectivity index (χ0) is 15.1. The molecule has 0 spiro atoms. The van der Waals surface area contributed by atoms with E-state index in [2.05, 4.69) is 12.2 Å². The summed E-state index contributed by atoms with van der Waals surface area (Å²) in [5.41, 5.74) is 0.281. The second-order valence-corrected chi connectivity index (χ2v) is 10.3. The first kappa shape index (κ1) is 15.8. The normalized spacial score (nSPS) is 39.6. The molecule has 1 unspecified atom stereocenters. The van der Waals surface area contributed by atoms with Crippen molar-refractivity contribution in [2.24, 2.45) is 23.2 Å². The molecular weight excluding hydrogens is 282 g/mol. The van der Waals surface area contributed by atoms with Gasteiger partial charge in [-0.1, -0.05) is 13.3 Å². The summed E-state index contributed by atoms with van der Waals surface area (Å²) in [5, 5.41) is 3.41. The Kier molecular flexibility index (Phi) is 4.39. The van der Waals surface area contributed by atoms with E-state index >= 15 is 0 Å². The van der Waals surface area contributed by atoms with E-state index in [4.69, 9.17) is 0 Å². The number of rotatable bonds is 7. The van der Waals surface area contributed by atoms with Crippen LogP contribution in [0.25, 0.3) is 0 Å². The summed E-state index contributed by atoms with van der Waals surface area (Å²) in [6.45, 7) is 2.06. The quantitative estimate of drug-likeness (QED) is 0.786. The second kappa shape index (κ2) is 5.84. The Morgan fingerprint density at radius 3 is 2.05 bits per heavy atom. The molecule has 0 aromatic heterocycles. The zero-order valence-corrected chi connectivity index (χ0v) is 14.4. The predicted octanol–water partition coefficient (Wildman–Crippen LogP) is 3.01. The van der Waals surface area contributed by atoms with Gasteiger partial charge in [-0.2, -0.15) is 0 Å². The van der Waals surface area contributed by atoms with Crippen LogP contribution in [0.1, 0.15) is 58.3 Å². The molecule has 0 heterocycles. The van der Waals surface area contributed by atoms with E-state index in [1.165, 1.54) is 38.5 Å². The van der Waals surface area contributed by atoms with Crippen LogP contribution in [0.5, 0.6) is 0 Å². The second-order valence-electron chi connectivity index (χ2n) is 8.09. The maximum absolute atomic E-state index is 12.4. The monoisotopic (exact) mass is 313 g/mol. The van der Waals surface area contributed by atoms with Gasteiger partial charge in [0.05, 0.1) is 11.5 Å².